The van der Waals surface area contributed by atoms with Crippen molar-refractivity contribution in [2.24, 2.45) is 0 Å². The highest BCUT2D eigenvalue weighted by Gasteiger charge is 2.27. The zero-order valence-corrected chi connectivity index (χ0v) is 20.0. The highest BCUT2D eigenvalue weighted by atomic mass is 19.3. The lowest BCUT2D eigenvalue weighted by atomic mass is 9.95. The number of carboxylic acids is 1. The maximum absolute atomic E-state index is 14.7. The van der Waals surface area contributed by atoms with E-state index < -0.39 is 31.6 Å². The van der Waals surface area contributed by atoms with Gasteiger partial charge in [0.2, 0.25) is 0 Å². The van der Waals surface area contributed by atoms with Crippen LogP contribution in [0.4, 0.5) is 13.2 Å². The number of hydrogen-bond donors (Lipinski definition) is 1. The molecule has 7 nitrogen and oxygen atoms in total. The molecule has 37 heavy (non-hydrogen) atoms. The molecular weight excluding hydrogens is 487 g/mol. The summed E-state index contributed by atoms with van der Waals surface area (Å²) >= 11 is 0. The predicted octanol–water partition coefficient (Wildman–Crippen LogP) is 5.54. The molecule has 2 heterocycles. The van der Waals surface area contributed by atoms with Gasteiger partial charge in [-0.3, -0.25) is 0 Å². The Morgan fingerprint density at radius 1 is 1.16 bits per heavy atom. The van der Waals surface area contributed by atoms with E-state index in [1.165, 1.54) is 11.8 Å². The number of benzene rings is 2. The van der Waals surface area contributed by atoms with Crippen molar-refractivity contribution in [3.63, 3.8) is 0 Å². The molecule has 1 aliphatic rings. The molecule has 5 rings (SSSR count). The minimum absolute atomic E-state index is 0.0985. The molecule has 1 fully saturated rings. The van der Waals surface area contributed by atoms with Gasteiger partial charge in [0.15, 0.2) is 6.61 Å². The Morgan fingerprint density at radius 3 is 2.59 bits per heavy atom. The molecule has 0 atom stereocenters. The van der Waals surface area contributed by atoms with Crippen molar-refractivity contribution >= 4 is 16.9 Å². The monoisotopic (exact) mass is 511 g/mol. The molecule has 2 aromatic carbocycles. The summed E-state index contributed by atoms with van der Waals surface area (Å²) in [5, 5.41) is 13.8. The standard InChI is InChI=1S/C27H24F3N3O4/c1-15-19(12-16-2-6-18(7-3-16)33-22(10-11-31-33)17-4-5-17)21(13-37-27(29)30)32-26-20(28)8-9-23(25(15)26)36-14-24(34)35/h2-3,6-11,17,27H,4-5,12-14H2,1H3,(H,34,35). The van der Waals surface area contributed by atoms with Crippen LogP contribution in [-0.4, -0.2) is 39.1 Å². The number of pyridine rings is 1. The van der Waals surface area contributed by atoms with Crippen molar-refractivity contribution in [1.82, 2.24) is 14.8 Å². The number of hydrogen-bond acceptors (Lipinski definition) is 5. The van der Waals surface area contributed by atoms with E-state index >= 15 is 0 Å². The topological polar surface area (TPSA) is 86.5 Å². The number of alkyl halides is 2. The van der Waals surface area contributed by atoms with Gasteiger partial charge in [0.05, 0.1) is 18.0 Å². The second-order valence-electron chi connectivity index (χ2n) is 8.97. The van der Waals surface area contributed by atoms with E-state index in [1.54, 1.807) is 13.1 Å². The van der Waals surface area contributed by atoms with E-state index in [1.807, 2.05) is 35.0 Å². The number of nitrogens with zero attached hydrogens (tertiary/aromatic N) is 3. The first-order chi connectivity index (χ1) is 17.8. The van der Waals surface area contributed by atoms with Gasteiger partial charge in [-0.25, -0.2) is 18.9 Å². The quantitative estimate of drug-likeness (QED) is 0.301. The molecule has 0 radical (unpaired) electrons. The number of carbonyl (C=O) groups is 1. The third kappa shape index (κ3) is 5.29. The normalized spacial score (nSPS) is 13.4. The van der Waals surface area contributed by atoms with Crippen molar-refractivity contribution in [2.45, 2.75) is 45.3 Å². The molecule has 0 saturated heterocycles. The smallest absolute Gasteiger partial charge is 0.345 e. The number of aryl methyl sites for hydroxylation is 1. The Labute approximate surface area is 210 Å². The lowest BCUT2D eigenvalue weighted by Gasteiger charge is -2.18. The third-order valence-corrected chi connectivity index (χ3v) is 6.44. The van der Waals surface area contributed by atoms with Gasteiger partial charge in [0.1, 0.15) is 17.1 Å². The molecule has 10 heteroatoms. The molecule has 1 N–H and O–H groups in total. The number of halogens is 3. The van der Waals surface area contributed by atoms with E-state index in [4.69, 9.17) is 9.84 Å². The molecule has 192 valence electrons. The average molecular weight is 512 g/mol. The van der Waals surface area contributed by atoms with Gasteiger partial charge in [-0.2, -0.15) is 13.9 Å². The Morgan fingerprint density at radius 2 is 1.92 bits per heavy atom. The van der Waals surface area contributed by atoms with Crippen LogP contribution >= 0.6 is 0 Å². The summed E-state index contributed by atoms with van der Waals surface area (Å²) < 4.78 is 52.3. The van der Waals surface area contributed by atoms with Gasteiger partial charge in [0, 0.05) is 23.2 Å². The number of ether oxygens (including phenoxy) is 2. The lowest BCUT2D eigenvalue weighted by Crippen LogP contribution is -2.12. The van der Waals surface area contributed by atoms with Gasteiger partial charge < -0.3 is 14.6 Å². The first-order valence-corrected chi connectivity index (χ1v) is 11.8. The van der Waals surface area contributed by atoms with Crippen LogP contribution in [0.15, 0.2) is 48.7 Å². The second kappa shape index (κ2) is 10.2. The fourth-order valence-electron chi connectivity index (χ4n) is 4.52. The van der Waals surface area contributed by atoms with Crippen LogP contribution in [0, 0.1) is 12.7 Å². The molecule has 4 aromatic rings. The summed E-state index contributed by atoms with van der Waals surface area (Å²) in [7, 11) is 0. The largest absolute Gasteiger partial charge is 0.481 e. The zero-order valence-electron chi connectivity index (χ0n) is 20.0. The maximum atomic E-state index is 14.7. The van der Waals surface area contributed by atoms with Crippen LogP contribution in [0.5, 0.6) is 5.75 Å². The van der Waals surface area contributed by atoms with Crippen molar-refractivity contribution in [1.29, 1.82) is 0 Å². The Kier molecular flexibility index (Phi) is 6.84. The molecule has 1 saturated carbocycles. The van der Waals surface area contributed by atoms with Crippen LogP contribution < -0.4 is 4.74 Å². The maximum Gasteiger partial charge on any atom is 0.345 e. The molecule has 1 aliphatic carbocycles. The summed E-state index contributed by atoms with van der Waals surface area (Å²) in [5.74, 6) is -1.19. The minimum atomic E-state index is -3.02. The van der Waals surface area contributed by atoms with Crippen LogP contribution in [0.25, 0.3) is 16.6 Å². The van der Waals surface area contributed by atoms with Crippen LogP contribution in [-0.2, 0) is 22.6 Å². The van der Waals surface area contributed by atoms with E-state index in [0.717, 1.165) is 30.2 Å². The lowest BCUT2D eigenvalue weighted by molar-refractivity contribution is -0.139. The minimum Gasteiger partial charge on any atom is -0.481 e. The SMILES string of the molecule is Cc1c(Cc2ccc(-n3nccc3C3CC3)cc2)c(COC(F)F)nc2c(F)ccc(OCC(=O)O)c12. The van der Waals surface area contributed by atoms with Crippen LogP contribution in [0.3, 0.4) is 0 Å². The van der Waals surface area contributed by atoms with Gasteiger partial charge in [-0.1, -0.05) is 12.1 Å². The summed E-state index contributed by atoms with van der Waals surface area (Å²) in [6.07, 6.45) is 4.39. The zero-order chi connectivity index (χ0) is 26.1. The van der Waals surface area contributed by atoms with Crippen molar-refractivity contribution < 1.29 is 32.5 Å². The van der Waals surface area contributed by atoms with Gasteiger partial charge in [-0.05, 0) is 73.2 Å². The van der Waals surface area contributed by atoms with E-state index in [0.29, 0.717) is 28.9 Å². The van der Waals surface area contributed by atoms with Gasteiger partial charge in [0.25, 0.3) is 0 Å². The number of fused-ring (bicyclic) bond motifs is 1. The van der Waals surface area contributed by atoms with Crippen molar-refractivity contribution in [3.05, 3.63) is 82.6 Å². The highest BCUT2D eigenvalue weighted by Crippen LogP contribution is 2.40. The fraction of sp³-hybridized carbons (Fsp3) is 0.296. The molecule has 0 spiro atoms. The van der Waals surface area contributed by atoms with Crippen molar-refractivity contribution in [2.75, 3.05) is 6.61 Å². The molecule has 0 amide bonds. The first-order valence-electron chi connectivity index (χ1n) is 11.8. The fourth-order valence-corrected chi connectivity index (χ4v) is 4.52. The summed E-state index contributed by atoms with van der Waals surface area (Å²) in [4.78, 5) is 15.4. The highest BCUT2D eigenvalue weighted by molar-refractivity contribution is 5.90. The number of aliphatic carboxylic acids is 1. The Balaban J connectivity index is 1.53. The second-order valence-corrected chi connectivity index (χ2v) is 8.97. The van der Waals surface area contributed by atoms with E-state index in [2.05, 4.69) is 14.8 Å². The number of rotatable bonds is 10. The number of carboxylic acid groups (broad SMARTS) is 1. The molecule has 0 aliphatic heterocycles. The van der Waals surface area contributed by atoms with Gasteiger partial charge >= 0.3 is 12.6 Å². The average Bonchev–Trinajstić information content (AvgIpc) is 3.60. The third-order valence-electron chi connectivity index (χ3n) is 6.44. The van der Waals surface area contributed by atoms with E-state index in [-0.39, 0.29) is 17.0 Å². The first kappa shape index (κ1) is 24.8. The summed E-state index contributed by atoms with van der Waals surface area (Å²) in [5.41, 5.74) is 4.15. The molecule has 0 unspecified atom stereocenters. The molecule has 0 bridgehead atoms. The number of aromatic nitrogens is 3. The van der Waals surface area contributed by atoms with Crippen molar-refractivity contribution in [3.8, 4) is 11.4 Å². The summed E-state index contributed by atoms with van der Waals surface area (Å²) in [6.45, 7) is -2.45. The molecular formula is C27H24F3N3O4. The Bertz CT molecular complexity index is 1450. The molecule has 2 aromatic heterocycles. The van der Waals surface area contributed by atoms with Gasteiger partial charge in [-0.15, -0.1) is 0 Å². The van der Waals surface area contributed by atoms with Crippen LogP contribution in [0.2, 0.25) is 0 Å². The predicted molar refractivity (Wildman–Crippen MR) is 129 cm³/mol. The van der Waals surface area contributed by atoms with E-state index in [9.17, 15) is 18.0 Å². The summed E-state index contributed by atoms with van der Waals surface area (Å²) in [6, 6.07) is 12.2. The van der Waals surface area contributed by atoms with Crippen LogP contribution in [0.1, 0.15) is 46.8 Å². The Hall–Kier alpha value is -3.92.